The van der Waals surface area contributed by atoms with E-state index in [9.17, 15) is 17.2 Å². The van der Waals surface area contributed by atoms with Crippen molar-refractivity contribution in [3.05, 3.63) is 29.8 Å². The molecule has 0 fully saturated rings. The van der Waals surface area contributed by atoms with Crippen LogP contribution in [-0.4, -0.2) is 21.5 Å². The van der Waals surface area contributed by atoms with E-state index in [1.165, 1.54) is 0 Å². The summed E-state index contributed by atoms with van der Waals surface area (Å²) in [5.74, 6) is -1.81. The lowest BCUT2D eigenvalue weighted by molar-refractivity contribution is 0.546. The molecule has 92 valence electrons. The van der Waals surface area contributed by atoms with Crippen molar-refractivity contribution in [1.29, 1.82) is 0 Å². The predicted octanol–water partition coefficient (Wildman–Crippen LogP) is 0.624. The van der Waals surface area contributed by atoms with Crippen molar-refractivity contribution < 1.29 is 17.2 Å². The van der Waals surface area contributed by atoms with E-state index in [0.29, 0.717) is 6.07 Å². The van der Waals surface area contributed by atoms with Gasteiger partial charge in [-0.3, -0.25) is 0 Å². The Morgan fingerprint density at radius 1 is 1.31 bits per heavy atom. The molecule has 1 aromatic rings. The molecule has 0 atom stereocenters. The first-order chi connectivity index (χ1) is 6.97. The van der Waals surface area contributed by atoms with Gasteiger partial charge in [0.05, 0.1) is 0 Å². The second kappa shape index (κ2) is 6.09. The van der Waals surface area contributed by atoms with E-state index < -0.39 is 26.6 Å². The molecule has 0 aliphatic rings. The van der Waals surface area contributed by atoms with E-state index in [2.05, 4.69) is 0 Å². The molecule has 0 saturated heterocycles. The van der Waals surface area contributed by atoms with Gasteiger partial charge in [-0.05, 0) is 18.2 Å². The average Bonchev–Trinajstić information content (AvgIpc) is 2.18. The lowest BCUT2D eigenvalue weighted by Gasteiger charge is -2.06. The third-order valence-corrected chi connectivity index (χ3v) is 3.10. The predicted molar refractivity (Wildman–Crippen MR) is 57.8 cm³/mol. The Labute approximate surface area is 98.3 Å². The van der Waals surface area contributed by atoms with Crippen molar-refractivity contribution in [2.45, 2.75) is 4.90 Å². The van der Waals surface area contributed by atoms with E-state index >= 15 is 0 Å². The molecule has 0 amide bonds. The Morgan fingerprint density at radius 2 is 1.94 bits per heavy atom. The van der Waals surface area contributed by atoms with E-state index in [0.717, 1.165) is 12.1 Å². The highest BCUT2D eigenvalue weighted by Crippen LogP contribution is 2.15. The Morgan fingerprint density at radius 3 is 2.50 bits per heavy atom. The molecule has 0 bridgehead atoms. The monoisotopic (exact) mass is 272 g/mol. The molecular weight excluding hydrogens is 262 g/mol. The van der Waals surface area contributed by atoms with Crippen molar-refractivity contribution in [3.8, 4) is 0 Å². The van der Waals surface area contributed by atoms with Crippen LogP contribution >= 0.6 is 12.4 Å². The molecule has 0 aliphatic carbocycles. The van der Waals surface area contributed by atoms with Crippen molar-refractivity contribution >= 4 is 22.4 Å². The van der Waals surface area contributed by atoms with E-state index in [-0.39, 0.29) is 25.5 Å². The summed E-state index contributed by atoms with van der Waals surface area (Å²) in [5.41, 5.74) is 5.09. The fraction of sp³-hybridized carbons (Fsp3) is 0.250. The smallest absolute Gasteiger partial charge is 0.243 e. The molecule has 0 aromatic heterocycles. The minimum Gasteiger partial charge on any atom is -0.329 e. The molecule has 1 rings (SSSR count). The van der Waals surface area contributed by atoms with Crippen LogP contribution in [0.5, 0.6) is 0 Å². The molecule has 0 unspecified atom stereocenters. The minimum atomic E-state index is -4.02. The topological polar surface area (TPSA) is 72.2 Å². The normalized spacial score (nSPS) is 10.9. The summed E-state index contributed by atoms with van der Waals surface area (Å²) in [6.07, 6.45) is 0. The van der Waals surface area contributed by atoms with E-state index in [1.54, 1.807) is 0 Å². The maximum Gasteiger partial charge on any atom is 0.243 e. The van der Waals surface area contributed by atoms with Crippen molar-refractivity contribution in [2.75, 3.05) is 13.1 Å². The summed E-state index contributed by atoms with van der Waals surface area (Å²) in [6.45, 7) is 0.0501. The first kappa shape index (κ1) is 15.2. The summed E-state index contributed by atoms with van der Waals surface area (Å²) in [4.78, 5) is -0.712. The summed E-state index contributed by atoms with van der Waals surface area (Å²) in [6, 6.07) is 2.22. The second-order valence-electron chi connectivity index (χ2n) is 2.76. The van der Waals surface area contributed by atoms with Crippen molar-refractivity contribution in [1.82, 2.24) is 4.72 Å². The highest BCUT2D eigenvalue weighted by molar-refractivity contribution is 7.89. The first-order valence-electron chi connectivity index (χ1n) is 4.12. The van der Waals surface area contributed by atoms with Crippen LogP contribution in [0.4, 0.5) is 8.78 Å². The van der Waals surface area contributed by atoms with Crippen LogP contribution in [0.15, 0.2) is 23.1 Å². The van der Waals surface area contributed by atoms with E-state index in [1.807, 2.05) is 4.72 Å². The van der Waals surface area contributed by atoms with Crippen molar-refractivity contribution in [3.63, 3.8) is 0 Å². The lowest BCUT2D eigenvalue weighted by Crippen LogP contribution is -2.29. The lowest BCUT2D eigenvalue weighted by atomic mass is 10.3. The van der Waals surface area contributed by atoms with Crippen LogP contribution in [0, 0.1) is 11.6 Å². The highest BCUT2D eigenvalue weighted by Gasteiger charge is 2.18. The number of hydrogen-bond acceptors (Lipinski definition) is 3. The van der Waals surface area contributed by atoms with Crippen LogP contribution < -0.4 is 10.5 Å². The average molecular weight is 273 g/mol. The Bertz CT molecular complexity index is 453. The maximum atomic E-state index is 13.1. The molecule has 0 radical (unpaired) electrons. The summed E-state index contributed by atoms with van der Waals surface area (Å²) in [7, 11) is -4.02. The van der Waals surface area contributed by atoms with Gasteiger partial charge < -0.3 is 5.73 Å². The zero-order valence-electron chi connectivity index (χ0n) is 8.11. The fourth-order valence-corrected chi connectivity index (χ4v) is 2.09. The quantitative estimate of drug-likeness (QED) is 0.844. The zero-order chi connectivity index (χ0) is 11.5. The molecule has 4 nitrogen and oxygen atoms in total. The van der Waals surface area contributed by atoms with Gasteiger partial charge in [-0.1, -0.05) is 0 Å². The first-order valence-corrected chi connectivity index (χ1v) is 5.60. The molecular formula is C8H11ClF2N2O2S. The number of rotatable bonds is 4. The van der Waals surface area contributed by atoms with Gasteiger partial charge >= 0.3 is 0 Å². The van der Waals surface area contributed by atoms with Crippen LogP contribution in [0.3, 0.4) is 0 Å². The van der Waals surface area contributed by atoms with Gasteiger partial charge in [0.15, 0.2) is 0 Å². The van der Waals surface area contributed by atoms with Gasteiger partial charge in [0.25, 0.3) is 0 Å². The Balaban J connectivity index is 0.00000225. The Kier molecular flexibility index (Phi) is 5.80. The van der Waals surface area contributed by atoms with Crippen LogP contribution in [0.2, 0.25) is 0 Å². The Hall–Kier alpha value is -0.760. The largest absolute Gasteiger partial charge is 0.329 e. The second-order valence-corrected chi connectivity index (χ2v) is 4.50. The number of nitrogens with one attached hydrogen (secondary N) is 1. The van der Waals surface area contributed by atoms with Gasteiger partial charge in [0.2, 0.25) is 10.0 Å². The van der Waals surface area contributed by atoms with Crippen molar-refractivity contribution in [2.24, 2.45) is 5.73 Å². The third-order valence-electron chi connectivity index (χ3n) is 1.62. The third kappa shape index (κ3) is 3.67. The SMILES string of the molecule is Cl.NCCNS(=O)(=O)c1cc(F)ccc1F. The number of benzene rings is 1. The van der Waals surface area contributed by atoms with Gasteiger partial charge in [-0.2, -0.15) is 0 Å². The number of nitrogens with two attached hydrogens (primary N) is 1. The standard InChI is InChI=1S/C8H10F2N2O2S.ClH/c9-6-1-2-7(10)8(5-6)15(13,14)12-4-3-11;/h1-2,5,12H,3-4,11H2;1H. The van der Waals surface area contributed by atoms with Gasteiger partial charge in [-0.25, -0.2) is 21.9 Å². The number of hydrogen-bond donors (Lipinski definition) is 2. The highest BCUT2D eigenvalue weighted by atomic mass is 35.5. The fourth-order valence-electron chi connectivity index (χ4n) is 0.954. The number of halogens is 3. The minimum absolute atomic E-state index is 0. The van der Waals surface area contributed by atoms with Crippen LogP contribution in [0.1, 0.15) is 0 Å². The molecule has 8 heteroatoms. The molecule has 3 N–H and O–H groups in total. The van der Waals surface area contributed by atoms with Crippen LogP contribution in [-0.2, 0) is 10.0 Å². The molecule has 0 aliphatic heterocycles. The molecule has 0 spiro atoms. The van der Waals surface area contributed by atoms with Crippen LogP contribution in [0.25, 0.3) is 0 Å². The molecule has 0 saturated carbocycles. The van der Waals surface area contributed by atoms with E-state index in [4.69, 9.17) is 5.73 Å². The van der Waals surface area contributed by atoms with Gasteiger partial charge in [0, 0.05) is 13.1 Å². The summed E-state index contributed by atoms with van der Waals surface area (Å²) >= 11 is 0. The van der Waals surface area contributed by atoms with Gasteiger partial charge in [0.1, 0.15) is 16.5 Å². The molecule has 16 heavy (non-hydrogen) atoms. The van der Waals surface area contributed by atoms with Gasteiger partial charge in [-0.15, -0.1) is 12.4 Å². The maximum absolute atomic E-state index is 13.1. The summed E-state index contributed by atoms with van der Waals surface area (Å²) in [5, 5.41) is 0. The summed E-state index contributed by atoms with van der Waals surface area (Å²) < 4.78 is 50.6. The number of sulfonamides is 1. The molecule has 1 aromatic carbocycles. The zero-order valence-corrected chi connectivity index (χ0v) is 9.75. The molecule has 0 heterocycles.